The van der Waals surface area contributed by atoms with Gasteiger partial charge in [0.25, 0.3) is 0 Å². The largest absolute Gasteiger partial charge is 0.462 e. The summed E-state index contributed by atoms with van der Waals surface area (Å²) in [6, 6.07) is 19.3. The van der Waals surface area contributed by atoms with Crippen LogP contribution >= 0.6 is 0 Å². The lowest BCUT2D eigenvalue weighted by Gasteiger charge is -2.16. The average Bonchev–Trinajstić information content (AvgIpc) is 2.73. The summed E-state index contributed by atoms with van der Waals surface area (Å²) in [6.07, 6.45) is 0. The highest BCUT2D eigenvalue weighted by Gasteiger charge is 2.23. The summed E-state index contributed by atoms with van der Waals surface area (Å²) in [5.74, 6) is -0.853. The van der Waals surface area contributed by atoms with E-state index in [0.29, 0.717) is 20.9 Å². The summed E-state index contributed by atoms with van der Waals surface area (Å²) < 4.78 is 24.0. The van der Waals surface area contributed by atoms with E-state index in [-0.39, 0.29) is 17.9 Å². The number of rotatable bonds is 6. The Labute approximate surface area is 178 Å². The molecule has 0 saturated heterocycles. The van der Waals surface area contributed by atoms with Crippen molar-refractivity contribution in [2.45, 2.75) is 30.6 Å². The highest BCUT2D eigenvalue weighted by Crippen LogP contribution is 2.38. The molecule has 3 rings (SSSR count). The van der Waals surface area contributed by atoms with E-state index in [1.165, 1.54) is 6.92 Å². The third kappa shape index (κ3) is 4.66. The van der Waals surface area contributed by atoms with E-state index >= 15 is 0 Å². The van der Waals surface area contributed by atoms with Gasteiger partial charge >= 0.3 is 11.9 Å². The van der Waals surface area contributed by atoms with Gasteiger partial charge in [-0.2, -0.15) is 0 Å². The molecule has 0 aliphatic rings. The average molecular weight is 423 g/mol. The molecule has 6 heteroatoms. The molecule has 1 unspecified atom stereocenters. The first kappa shape index (κ1) is 21.5. The fraction of sp³-hybridized carbons (Fsp3) is 0.167. The van der Waals surface area contributed by atoms with E-state index in [4.69, 9.17) is 9.47 Å². The van der Waals surface area contributed by atoms with Gasteiger partial charge in [-0.15, -0.1) is 0 Å². The fourth-order valence-corrected chi connectivity index (χ4v) is 4.26. The molecule has 0 heterocycles. The van der Waals surface area contributed by atoms with Crippen LogP contribution in [0.3, 0.4) is 0 Å². The van der Waals surface area contributed by atoms with Crippen LogP contribution in [0.15, 0.2) is 76.5 Å². The Kier molecular flexibility index (Phi) is 6.79. The summed E-state index contributed by atoms with van der Waals surface area (Å²) in [6.45, 7) is 5.17. The topological polar surface area (TPSA) is 69.7 Å². The Bertz CT molecular complexity index is 1100. The Morgan fingerprint density at radius 3 is 2.30 bits per heavy atom. The van der Waals surface area contributed by atoms with Crippen LogP contribution in [0.4, 0.5) is 0 Å². The maximum atomic E-state index is 13.4. The molecular weight excluding hydrogens is 400 g/mol. The third-order valence-corrected chi connectivity index (χ3v) is 5.82. The lowest BCUT2D eigenvalue weighted by atomic mass is 9.98. The molecule has 0 fully saturated rings. The smallest absolute Gasteiger partial charge is 0.338 e. The molecule has 0 bridgehead atoms. The molecule has 0 saturated carbocycles. The van der Waals surface area contributed by atoms with Gasteiger partial charge in [-0.25, -0.2) is 9.00 Å². The summed E-state index contributed by atoms with van der Waals surface area (Å²) in [7, 11) is -1.51. The van der Waals surface area contributed by atoms with Crippen LogP contribution in [0.1, 0.15) is 29.8 Å². The number of hydrogen-bond acceptors (Lipinski definition) is 5. The number of esters is 2. The van der Waals surface area contributed by atoms with Crippen molar-refractivity contribution in [2.75, 3.05) is 6.61 Å². The molecule has 0 aliphatic heterocycles. The number of carbonyl (C=O) groups excluding carboxylic acids is 2. The fourth-order valence-electron chi connectivity index (χ4n) is 3.05. The zero-order valence-electron chi connectivity index (χ0n) is 17.0. The standard InChI is InChI=1S/C24H22O5S/c1-4-28-24(26)20-9-7-10-21(29-17(3)25)23(20)19-8-5-6-11-22(19)30(27)18-14-12-16(2)13-15-18/h5-15H,4H2,1-3H3. The normalized spacial score (nSPS) is 11.6. The predicted molar refractivity (Wildman–Crippen MR) is 115 cm³/mol. The van der Waals surface area contributed by atoms with Crippen molar-refractivity contribution in [3.63, 3.8) is 0 Å². The number of hydrogen-bond donors (Lipinski definition) is 0. The predicted octanol–water partition coefficient (Wildman–Crippen LogP) is 4.93. The SMILES string of the molecule is CCOC(=O)c1cccc(OC(C)=O)c1-c1ccccc1S(=O)c1ccc(C)cc1. The molecule has 0 aromatic heterocycles. The maximum Gasteiger partial charge on any atom is 0.338 e. The lowest BCUT2D eigenvalue weighted by molar-refractivity contribution is -0.131. The molecule has 3 aromatic rings. The van der Waals surface area contributed by atoms with Crippen LogP contribution < -0.4 is 4.74 Å². The zero-order valence-corrected chi connectivity index (χ0v) is 17.8. The van der Waals surface area contributed by atoms with E-state index in [2.05, 4.69) is 0 Å². The maximum absolute atomic E-state index is 13.4. The molecule has 0 spiro atoms. The Morgan fingerprint density at radius 1 is 0.933 bits per heavy atom. The first-order chi connectivity index (χ1) is 14.4. The van der Waals surface area contributed by atoms with Gasteiger partial charge in [-0.3, -0.25) is 4.79 Å². The summed E-state index contributed by atoms with van der Waals surface area (Å²) in [5, 5.41) is 0. The molecule has 0 radical (unpaired) electrons. The minimum atomic E-state index is -1.51. The second-order valence-electron chi connectivity index (χ2n) is 6.57. The minimum Gasteiger partial charge on any atom is -0.462 e. The molecule has 1 atom stereocenters. The number of ether oxygens (including phenoxy) is 2. The molecule has 0 N–H and O–H groups in total. The van der Waals surface area contributed by atoms with Gasteiger partial charge in [-0.05, 0) is 44.2 Å². The highest BCUT2D eigenvalue weighted by atomic mass is 32.2. The molecule has 5 nitrogen and oxygen atoms in total. The number of aryl methyl sites for hydroxylation is 1. The quantitative estimate of drug-likeness (QED) is 0.416. The Morgan fingerprint density at radius 2 is 1.63 bits per heavy atom. The molecule has 30 heavy (non-hydrogen) atoms. The van der Waals surface area contributed by atoms with E-state index in [1.807, 2.05) is 31.2 Å². The van der Waals surface area contributed by atoms with Crippen molar-refractivity contribution in [3.05, 3.63) is 77.9 Å². The van der Waals surface area contributed by atoms with E-state index in [9.17, 15) is 13.8 Å². The summed E-state index contributed by atoms with van der Waals surface area (Å²) in [4.78, 5) is 25.4. The Balaban J connectivity index is 2.22. The second kappa shape index (κ2) is 9.50. The van der Waals surface area contributed by atoms with Crippen LogP contribution in [0.25, 0.3) is 11.1 Å². The molecule has 0 amide bonds. The molecule has 0 aliphatic carbocycles. The highest BCUT2D eigenvalue weighted by molar-refractivity contribution is 7.85. The van der Waals surface area contributed by atoms with Gasteiger partial charge in [0.15, 0.2) is 0 Å². The van der Waals surface area contributed by atoms with E-state index in [1.54, 1.807) is 49.4 Å². The van der Waals surface area contributed by atoms with Gasteiger partial charge in [0.2, 0.25) is 0 Å². The summed E-state index contributed by atoms with van der Waals surface area (Å²) in [5.41, 5.74) is 2.22. The van der Waals surface area contributed by atoms with Crippen molar-refractivity contribution in [2.24, 2.45) is 0 Å². The Hall–Kier alpha value is -3.25. The van der Waals surface area contributed by atoms with Gasteiger partial charge in [-0.1, -0.05) is 42.0 Å². The second-order valence-corrected chi connectivity index (χ2v) is 8.02. The van der Waals surface area contributed by atoms with Crippen LogP contribution in [0.2, 0.25) is 0 Å². The minimum absolute atomic E-state index is 0.201. The monoisotopic (exact) mass is 422 g/mol. The molecule has 3 aromatic carbocycles. The van der Waals surface area contributed by atoms with Gasteiger partial charge < -0.3 is 9.47 Å². The van der Waals surface area contributed by atoms with Crippen molar-refractivity contribution in [1.29, 1.82) is 0 Å². The number of carbonyl (C=O) groups is 2. The van der Waals surface area contributed by atoms with E-state index in [0.717, 1.165) is 5.56 Å². The third-order valence-electron chi connectivity index (χ3n) is 4.37. The van der Waals surface area contributed by atoms with Crippen LogP contribution in [0.5, 0.6) is 5.75 Å². The summed E-state index contributed by atoms with van der Waals surface area (Å²) >= 11 is 0. The van der Waals surface area contributed by atoms with Crippen molar-refractivity contribution < 1.29 is 23.3 Å². The van der Waals surface area contributed by atoms with E-state index < -0.39 is 22.7 Å². The van der Waals surface area contributed by atoms with Gasteiger partial charge in [0.05, 0.1) is 27.9 Å². The van der Waals surface area contributed by atoms with Crippen molar-refractivity contribution >= 4 is 22.7 Å². The van der Waals surface area contributed by atoms with Gasteiger partial charge in [0, 0.05) is 22.9 Å². The van der Waals surface area contributed by atoms with Crippen LogP contribution in [-0.4, -0.2) is 22.8 Å². The van der Waals surface area contributed by atoms with Gasteiger partial charge in [0.1, 0.15) is 5.75 Å². The number of benzene rings is 3. The van der Waals surface area contributed by atoms with Crippen molar-refractivity contribution in [1.82, 2.24) is 0 Å². The van der Waals surface area contributed by atoms with Crippen LogP contribution in [-0.2, 0) is 20.3 Å². The van der Waals surface area contributed by atoms with Crippen LogP contribution in [0, 0.1) is 6.92 Å². The lowest BCUT2D eigenvalue weighted by Crippen LogP contribution is -2.10. The molecule has 154 valence electrons. The van der Waals surface area contributed by atoms with Crippen molar-refractivity contribution in [3.8, 4) is 16.9 Å². The molecular formula is C24H22O5S. The zero-order chi connectivity index (χ0) is 21.7. The first-order valence-corrected chi connectivity index (χ1v) is 10.6. The first-order valence-electron chi connectivity index (χ1n) is 9.48.